The van der Waals surface area contributed by atoms with Gasteiger partial charge >= 0.3 is 0 Å². The summed E-state index contributed by atoms with van der Waals surface area (Å²) in [6.07, 6.45) is 3.69. The van der Waals surface area contributed by atoms with E-state index in [2.05, 4.69) is 29.2 Å². The van der Waals surface area contributed by atoms with Crippen LogP contribution in [0.3, 0.4) is 0 Å². The molecule has 0 aliphatic rings. The van der Waals surface area contributed by atoms with Crippen molar-refractivity contribution in [2.45, 2.75) is 19.9 Å². The van der Waals surface area contributed by atoms with Crippen molar-refractivity contribution < 1.29 is 4.42 Å². The Labute approximate surface area is 104 Å². The maximum absolute atomic E-state index is 5.58. The predicted molar refractivity (Wildman–Crippen MR) is 69.9 cm³/mol. The first kappa shape index (κ1) is 10.8. The molecule has 0 amide bonds. The van der Waals surface area contributed by atoms with E-state index in [0.717, 1.165) is 16.8 Å². The predicted octanol–water partition coefficient (Wildman–Crippen LogP) is 3.35. The van der Waals surface area contributed by atoms with Crippen LogP contribution >= 0.6 is 0 Å². The zero-order valence-electron chi connectivity index (χ0n) is 10.3. The minimum atomic E-state index is 0.337. The van der Waals surface area contributed by atoms with Crippen molar-refractivity contribution in [3.05, 3.63) is 36.7 Å². The van der Waals surface area contributed by atoms with Gasteiger partial charge in [0.1, 0.15) is 5.52 Å². The highest BCUT2D eigenvalue weighted by Crippen LogP contribution is 2.21. The lowest BCUT2D eigenvalue weighted by molar-refractivity contribution is 0.532. The van der Waals surface area contributed by atoms with Crippen LogP contribution in [0.2, 0.25) is 0 Å². The summed E-state index contributed by atoms with van der Waals surface area (Å²) in [5, 5.41) is 7.36. The topological polar surface area (TPSA) is 55.9 Å². The molecule has 0 unspecified atom stereocenters. The summed E-state index contributed by atoms with van der Waals surface area (Å²) in [6, 6.07) is 8.50. The van der Waals surface area contributed by atoms with E-state index < -0.39 is 0 Å². The Morgan fingerprint density at radius 3 is 2.83 bits per heavy atom. The van der Waals surface area contributed by atoms with Crippen LogP contribution < -0.4 is 5.32 Å². The van der Waals surface area contributed by atoms with Gasteiger partial charge < -0.3 is 9.73 Å². The molecule has 0 aliphatic carbocycles. The van der Waals surface area contributed by atoms with Crippen LogP contribution in [0.5, 0.6) is 0 Å². The van der Waals surface area contributed by atoms with Gasteiger partial charge in [-0.15, -0.1) is 0 Å². The molecule has 0 bridgehead atoms. The summed E-state index contributed by atoms with van der Waals surface area (Å²) in [5.74, 6) is 0. The molecule has 2 aromatic heterocycles. The van der Waals surface area contributed by atoms with Crippen LogP contribution in [-0.2, 0) is 0 Å². The molecular weight excluding hydrogens is 228 g/mol. The minimum Gasteiger partial charge on any atom is -0.423 e. The third-order valence-electron chi connectivity index (χ3n) is 2.68. The highest BCUT2D eigenvalue weighted by molar-refractivity contribution is 5.74. The molecule has 0 radical (unpaired) electrons. The Balaban J connectivity index is 1.86. The zero-order chi connectivity index (χ0) is 12.5. The van der Waals surface area contributed by atoms with E-state index in [4.69, 9.17) is 4.42 Å². The van der Waals surface area contributed by atoms with E-state index in [1.807, 2.05) is 35.1 Å². The highest BCUT2D eigenvalue weighted by atomic mass is 16.4. The van der Waals surface area contributed by atoms with Crippen molar-refractivity contribution in [2.24, 2.45) is 0 Å². The largest absolute Gasteiger partial charge is 0.423 e. The maximum Gasteiger partial charge on any atom is 0.300 e. The second-order valence-corrected chi connectivity index (χ2v) is 4.41. The van der Waals surface area contributed by atoms with E-state index in [-0.39, 0.29) is 0 Å². The number of anilines is 2. The normalized spacial score (nSPS) is 11.3. The molecule has 3 aromatic rings. The number of oxazole rings is 1. The van der Waals surface area contributed by atoms with Crippen LogP contribution in [0.4, 0.5) is 11.7 Å². The SMILES string of the molecule is CC(C)n1cc(Nc2nc3ccccc3o2)cn1. The van der Waals surface area contributed by atoms with Crippen LogP contribution in [0, 0.1) is 0 Å². The molecule has 5 nitrogen and oxygen atoms in total. The molecule has 0 saturated carbocycles. The fraction of sp³-hybridized carbons (Fsp3) is 0.231. The number of nitrogens with one attached hydrogen (secondary N) is 1. The average Bonchev–Trinajstić information content (AvgIpc) is 2.94. The molecule has 1 N–H and O–H groups in total. The fourth-order valence-corrected chi connectivity index (χ4v) is 1.73. The maximum atomic E-state index is 5.58. The third-order valence-corrected chi connectivity index (χ3v) is 2.68. The molecule has 3 rings (SSSR count). The molecule has 0 aliphatic heterocycles. The van der Waals surface area contributed by atoms with E-state index in [0.29, 0.717) is 12.1 Å². The first-order valence-electron chi connectivity index (χ1n) is 5.89. The number of nitrogens with zero attached hydrogens (tertiary/aromatic N) is 3. The molecule has 0 atom stereocenters. The van der Waals surface area contributed by atoms with Crippen molar-refractivity contribution >= 4 is 22.8 Å². The van der Waals surface area contributed by atoms with Gasteiger partial charge in [0.15, 0.2) is 5.58 Å². The molecule has 0 fully saturated rings. The van der Waals surface area contributed by atoms with Gasteiger partial charge in [0, 0.05) is 12.2 Å². The summed E-state index contributed by atoms with van der Waals surface area (Å²) in [5.41, 5.74) is 2.49. The summed E-state index contributed by atoms with van der Waals surface area (Å²) in [6.45, 7) is 4.16. The van der Waals surface area contributed by atoms with E-state index in [9.17, 15) is 0 Å². The standard InChI is InChI=1S/C13H14N4O/c1-9(2)17-8-10(7-14-17)15-13-16-11-5-3-4-6-12(11)18-13/h3-9H,1-2H3,(H,15,16). The van der Waals surface area contributed by atoms with E-state index in [1.54, 1.807) is 6.20 Å². The molecule has 5 heteroatoms. The first-order valence-corrected chi connectivity index (χ1v) is 5.89. The summed E-state index contributed by atoms with van der Waals surface area (Å²) in [7, 11) is 0. The number of hydrogen-bond acceptors (Lipinski definition) is 4. The number of benzene rings is 1. The van der Waals surface area contributed by atoms with E-state index in [1.165, 1.54) is 0 Å². The lowest BCUT2D eigenvalue weighted by atomic mass is 10.3. The van der Waals surface area contributed by atoms with Gasteiger partial charge in [-0.25, -0.2) is 0 Å². The number of hydrogen-bond donors (Lipinski definition) is 1. The number of fused-ring (bicyclic) bond motifs is 1. The number of aromatic nitrogens is 3. The van der Waals surface area contributed by atoms with Gasteiger partial charge in [-0.05, 0) is 26.0 Å². The van der Waals surface area contributed by atoms with Gasteiger partial charge in [0.2, 0.25) is 0 Å². The van der Waals surface area contributed by atoms with Gasteiger partial charge in [-0.3, -0.25) is 4.68 Å². The monoisotopic (exact) mass is 242 g/mol. The second kappa shape index (κ2) is 4.18. The second-order valence-electron chi connectivity index (χ2n) is 4.41. The van der Waals surface area contributed by atoms with Gasteiger partial charge in [-0.2, -0.15) is 10.1 Å². The van der Waals surface area contributed by atoms with Gasteiger partial charge in [0.25, 0.3) is 6.01 Å². The number of rotatable bonds is 3. The Hall–Kier alpha value is -2.30. The van der Waals surface area contributed by atoms with Crippen molar-refractivity contribution in [1.82, 2.24) is 14.8 Å². The van der Waals surface area contributed by atoms with E-state index >= 15 is 0 Å². The van der Waals surface area contributed by atoms with Crippen molar-refractivity contribution in [3.8, 4) is 0 Å². The summed E-state index contributed by atoms with van der Waals surface area (Å²) in [4.78, 5) is 4.35. The fourth-order valence-electron chi connectivity index (χ4n) is 1.73. The van der Waals surface area contributed by atoms with Crippen molar-refractivity contribution in [1.29, 1.82) is 0 Å². The molecule has 0 saturated heterocycles. The molecule has 2 heterocycles. The van der Waals surface area contributed by atoms with Crippen LogP contribution in [0.25, 0.3) is 11.1 Å². The Bertz CT molecular complexity index is 635. The lowest BCUT2D eigenvalue weighted by Gasteiger charge is -2.02. The van der Waals surface area contributed by atoms with Gasteiger partial charge in [-0.1, -0.05) is 12.1 Å². The van der Waals surface area contributed by atoms with Gasteiger partial charge in [0.05, 0.1) is 11.9 Å². The highest BCUT2D eigenvalue weighted by Gasteiger charge is 2.07. The molecule has 18 heavy (non-hydrogen) atoms. The van der Waals surface area contributed by atoms with Crippen molar-refractivity contribution in [3.63, 3.8) is 0 Å². The first-order chi connectivity index (χ1) is 8.72. The Morgan fingerprint density at radius 2 is 2.11 bits per heavy atom. The minimum absolute atomic E-state index is 0.337. The lowest BCUT2D eigenvalue weighted by Crippen LogP contribution is -1.99. The van der Waals surface area contributed by atoms with Crippen LogP contribution in [-0.4, -0.2) is 14.8 Å². The third kappa shape index (κ3) is 1.95. The smallest absolute Gasteiger partial charge is 0.300 e. The summed E-state index contributed by atoms with van der Waals surface area (Å²) < 4.78 is 7.46. The molecular formula is C13H14N4O. The Morgan fingerprint density at radius 1 is 1.28 bits per heavy atom. The molecule has 1 aromatic carbocycles. The quantitative estimate of drug-likeness (QED) is 0.765. The molecule has 92 valence electrons. The zero-order valence-corrected chi connectivity index (χ0v) is 10.3. The van der Waals surface area contributed by atoms with Crippen LogP contribution in [0.1, 0.15) is 19.9 Å². The Kier molecular flexibility index (Phi) is 2.51. The van der Waals surface area contributed by atoms with Crippen LogP contribution in [0.15, 0.2) is 41.1 Å². The molecule has 0 spiro atoms. The number of para-hydroxylation sites is 2. The van der Waals surface area contributed by atoms with Crippen molar-refractivity contribution in [2.75, 3.05) is 5.32 Å². The summed E-state index contributed by atoms with van der Waals surface area (Å²) >= 11 is 0. The average molecular weight is 242 g/mol.